The number of fused-ring (bicyclic) bond motifs is 2. The number of nitrogens with one attached hydrogen (secondary N) is 3. The minimum Gasteiger partial charge on any atom is -0.650 e. The second-order valence-corrected chi connectivity index (χ2v) is 8.89. The highest BCUT2D eigenvalue weighted by atomic mass is 35.5. The van der Waals surface area contributed by atoms with Crippen molar-refractivity contribution in [2.75, 3.05) is 13.7 Å². The maximum atomic E-state index is 12.6. The molecule has 3 N–H and O–H groups in total. The summed E-state index contributed by atoms with van der Waals surface area (Å²) >= 11 is 11.9. The second-order valence-electron chi connectivity index (χ2n) is 8.04. The van der Waals surface area contributed by atoms with Crippen molar-refractivity contribution in [1.29, 1.82) is 0 Å². The van der Waals surface area contributed by atoms with Crippen LogP contribution in [0, 0.1) is 5.92 Å². The summed E-state index contributed by atoms with van der Waals surface area (Å²) in [6, 6.07) is 3.38. The Kier molecular flexibility index (Phi) is 7.34. The third-order valence-electron chi connectivity index (χ3n) is 5.23. The van der Waals surface area contributed by atoms with Gasteiger partial charge in [0.15, 0.2) is 0 Å². The topological polar surface area (TPSA) is 132 Å². The van der Waals surface area contributed by atoms with Crippen molar-refractivity contribution in [3.05, 3.63) is 33.8 Å². The Morgan fingerprint density at radius 2 is 2.00 bits per heavy atom. The van der Waals surface area contributed by atoms with Crippen LogP contribution in [0.5, 0.6) is 0 Å². The molecule has 2 amide bonds. The summed E-state index contributed by atoms with van der Waals surface area (Å²) in [4.78, 5) is 49.2. The van der Waals surface area contributed by atoms with E-state index in [0.717, 1.165) is 0 Å². The van der Waals surface area contributed by atoms with Crippen molar-refractivity contribution in [3.63, 3.8) is 0 Å². The second kappa shape index (κ2) is 9.66. The van der Waals surface area contributed by atoms with Crippen molar-refractivity contribution in [3.8, 4) is 0 Å². The molecule has 2 unspecified atom stereocenters. The van der Waals surface area contributed by atoms with Crippen LogP contribution in [0.15, 0.2) is 18.2 Å². The zero-order valence-corrected chi connectivity index (χ0v) is 19.2. The molecule has 1 aromatic carbocycles. The molecule has 0 spiro atoms. The summed E-state index contributed by atoms with van der Waals surface area (Å²) in [5.74, 6) is -3.20. The van der Waals surface area contributed by atoms with Gasteiger partial charge in [0.2, 0.25) is 5.91 Å². The lowest BCUT2D eigenvalue weighted by molar-refractivity contribution is -0.150. The Morgan fingerprint density at radius 3 is 2.66 bits per heavy atom. The monoisotopic (exact) mass is 486 g/mol. The van der Waals surface area contributed by atoms with E-state index in [1.165, 1.54) is 25.3 Å². The molecule has 2 fully saturated rings. The average Bonchev–Trinajstić information content (AvgIpc) is 3.28. The highest BCUT2D eigenvalue weighted by molar-refractivity contribution is 6.71. The molecule has 2 saturated heterocycles. The lowest BCUT2D eigenvalue weighted by Gasteiger charge is -2.42. The Bertz CT molecular complexity index is 947. The van der Waals surface area contributed by atoms with E-state index in [-0.39, 0.29) is 23.0 Å². The van der Waals surface area contributed by atoms with E-state index >= 15 is 0 Å². The van der Waals surface area contributed by atoms with Crippen LogP contribution >= 0.6 is 23.2 Å². The Balaban J connectivity index is 1.69. The molecule has 2 aliphatic rings. The van der Waals surface area contributed by atoms with Crippen LogP contribution in [0.3, 0.4) is 0 Å². The molecule has 0 aromatic heterocycles. The van der Waals surface area contributed by atoms with Crippen molar-refractivity contribution in [2.24, 2.45) is 5.92 Å². The van der Waals surface area contributed by atoms with Gasteiger partial charge in [-0.05, 0) is 30.1 Å². The maximum Gasteiger partial charge on any atom is 0.394 e. The van der Waals surface area contributed by atoms with Crippen LogP contribution in [0.1, 0.15) is 30.6 Å². The van der Waals surface area contributed by atoms with E-state index in [0.29, 0.717) is 11.4 Å². The summed E-state index contributed by atoms with van der Waals surface area (Å²) in [6.07, 6.45) is -0.778. The smallest absolute Gasteiger partial charge is 0.394 e. The lowest BCUT2D eigenvalue weighted by atomic mass is 9.60. The van der Waals surface area contributed by atoms with Gasteiger partial charge in [-0.3, -0.25) is 19.2 Å². The molecule has 2 bridgehead atoms. The Labute approximate surface area is 194 Å². The molecule has 2 aliphatic heterocycles. The fourth-order valence-corrected chi connectivity index (χ4v) is 4.19. The first-order valence-electron chi connectivity index (χ1n) is 9.99. The number of hydrogen-bond acceptors (Lipinski definition) is 8. The fraction of sp³-hybridized carbons (Fsp3) is 0.474. The molecule has 10 nitrogen and oxygen atoms in total. The number of amides is 2. The molecular formula is C19H23BCl2N3O7-. The Morgan fingerprint density at radius 1 is 1.28 bits per heavy atom. The summed E-state index contributed by atoms with van der Waals surface area (Å²) < 4.78 is 15.9. The van der Waals surface area contributed by atoms with Gasteiger partial charge in [-0.2, -0.15) is 0 Å². The van der Waals surface area contributed by atoms with Crippen LogP contribution in [-0.4, -0.2) is 62.2 Å². The third kappa shape index (κ3) is 5.01. The van der Waals surface area contributed by atoms with E-state index in [4.69, 9.17) is 37.2 Å². The number of halogens is 2. The number of carbonyl (C=O) groups is 4. The normalized spacial score (nSPS) is 24.8. The van der Waals surface area contributed by atoms with E-state index in [1.807, 2.05) is 13.8 Å². The highest BCUT2D eigenvalue weighted by Crippen LogP contribution is 2.33. The van der Waals surface area contributed by atoms with Crippen LogP contribution < -0.4 is 15.9 Å². The van der Waals surface area contributed by atoms with Crippen LogP contribution in [0.2, 0.25) is 10.0 Å². The predicted octanol–water partition coefficient (Wildman–Crippen LogP) is 0.819. The zero-order chi connectivity index (χ0) is 23.6. The molecule has 0 radical (unpaired) electrons. The van der Waals surface area contributed by atoms with Gasteiger partial charge >= 0.3 is 12.7 Å². The van der Waals surface area contributed by atoms with E-state index in [2.05, 4.69) is 15.9 Å². The highest BCUT2D eigenvalue weighted by Gasteiger charge is 2.60. The number of rotatable bonds is 8. The van der Waals surface area contributed by atoms with Crippen LogP contribution in [-0.2, 0) is 28.4 Å². The van der Waals surface area contributed by atoms with Crippen molar-refractivity contribution in [2.45, 2.75) is 38.4 Å². The molecule has 1 aromatic rings. The van der Waals surface area contributed by atoms with Crippen molar-refractivity contribution in [1.82, 2.24) is 15.9 Å². The van der Waals surface area contributed by atoms with E-state index in [9.17, 15) is 19.2 Å². The van der Waals surface area contributed by atoms with Crippen molar-refractivity contribution >= 4 is 53.6 Å². The van der Waals surface area contributed by atoms with Gasteiger partial charge in [-0.25, -0.2) is 0 Å². The first kappa shape index (κ1) is 24.3. The lowest BCUT2D eigenvalue weighted by Crippen LogP contribution is -2.69. The van der Waals surface area contributed by atoms with Gasteiger partial charge in [0.25, 0.3) is 11.9 Å². The SMILES string of the molecule is COC(=O)[C@@H]1N[B-]2(C(CC(C)C)NC(=O)CNC(=O)c3cc(Cl)ccc3Cl)OC(=O)[C@@H]1O2. The predicted molar refractivity (Wildman–Crippen MR) is 116 cm³/mol. The number of methoxy groups -OCH3 is 1. The summed E-state index contributed by atoms with van der Waals surface area (Å²) in [5, 5.41) is 8.61. The summed E-state index contributed by atoms with van der Waals surface area (Å²) in [7, 11) is 1.20. The van der Waals surface area contributed by atoms with E-state index < -0.39 is 48.5 Å². The van der Waals surface area contributed by atoms with Crippen LogP contribution in [0.4, 0.5) is 0 Å². The minimum atomic E-state index is -2.53. The van der Waals surface area contributed by atoms with Crippen LogP contribution in [0.25, 0.3) is 0 Å². The van der Waals surface area contributed by atoms with Gasteiger partial charge < -0.3 is 29.9 Å². The van der Waals surface area contributed by atoms with Gasteiger partial charge in [-0.1, -0.05) is 43.5 Å². The first-order chi connectivity index (χ1) is 15.1. The Hall–Kier alpha value is -2.34. The zero-order valence-electron chi connectivity index (χ0n) is 17.6. The molecule has 0 saturated carbocycles. The third-order valence-corrected chi connectivity index (χ3v) is 5.79. The quantitative estimate of drug-likeness (QED) is 0.363. The number of benzene rings is 1. The molecule has 13 heteroatoms. The summed E-state index contributed by atoms with van der Waals surface area (Å²) in [6.45, 7) is 0.923. The molecule has 2 heterocycles. The van der Waals surface area contributed by atoms with Gasteiger partial charge in [-0.15, -0.1) is 0 Å². The molecule has 0 aliphatic carbocycles. The largest absolute Gasteiger partial charge is 0.650 e. The van der Waals surface area contributed by atoms with Gasteiger partial charge in [0, 0.05) is 5.02 Å². The molecule has 3 rings (SSSR count). The first-order valence-corrected chi connectivity index (χ1v) is 10.8. The number of hydrogen-bond donors (Lipinski definition) is 3. The number of ether oxygens (including phenoxy) is 1. The molecule has 32 heavy (non-hydrogen) atoms. The summed E-state index contributed by atoms with van der Waals surface area (Å²) in [5.41, 5.74) is 0.128. The van der Waals surface area contributed by atoms with E-state index in [1.54, 1.807) is 0 Å². The van der Waals surface area contributed by atoms with Gasteiger partial charge in [0.1, 0.15) is 12.1 Å². The standard InChI is InChI=1S/C19H23BCl2N3O7/c1-9(2)6-13(20-25-15(18(28)30-3)16(31-20)19(29)32-20)24-14(26)8-23-17(27)11-7-10(21)4-5-12(11)22/h4-5,7,9,13,15-16,25H,6,8H2,1-3H3,(H,23,27)(H,24,26)/q-1/t13?,15-,16-,20?/m1/s1. The average molecular weight is 487 g/mol. The van der Waals surface area contributed by atoms with Crippen molar-refractivity contribution < 1.29 is 33.2 Å². The molecule has 4 atom stereocenters. The maximum absolute atomic E-state index is 12.6. The van der Waals surface area contributed by atoms with Gasteiger partial charge in [0.05, 0.1) is 24.2 Å². The fourth-order valence-electron chi connectivity index (χ4n) is 3.82. The number of carbonyl (C=O) groups excluding carboxylic acids is 4. The molecule has 174 valence electrons. The minimum absolute atomic E-state index is 0.0803. The number of esters is 1. The molecular weight excluding hydrogens is 464 g/mol.